The number of aliphatic hydroxyl groups excluding tert-OH is 1. The molecule has 0 bridgehead atoms. The van der Waals surface area contributed by atoms with Crippen molar-refractivity contribution >= 4 is 21.7 Å². The largest absolute Gasteiger partial charge is 0.480 e. The standard InChI is InChI=1S/C13H17NO6S/c1-8-3-4-9(21(2,19)20)7-10(8)12(16)14-11(5-6-15)13(17)18/h3-4,7,11,15H,5-6H2,1-2H3,(H,14,16)(H,17,18)/t11-/m1/s1. The predicted octanol–water partition coefficient (Wildman–Crippen LogP) is -0.0361. The van der Waals surface area contributed by atoms with Gasteiger partial charge >= 0.3 is 5.97 Å². The fourth-order valence-electron chi connectivity index (χ4n) is 1.70. The Morgan fingerprint density at radius 2 is 1.95 bits per heavy atom. The quantitative estimate of drug-likeness (QED) is 0.677. The Balaban J connectivity index is 3.09. The number of rotatable bonds is 6. The van der Waals surface area contributed by atoms with Crippen molar-refractivity contribution in [3.63, 3.8) is 0 Å². The van der Waals surface area contributed by atoms with Crippen molar-refractivity contribution in [2.24, 2.45) is 0 Å². The number of carbonyl (C=O) groups excluding carboxylic acids is 1. The van der Waals surface area contributed by atoms with Gasteiger partial charge in [-0.05, 0) is 24.6 Å². The summed E-state index contributed by atoms with van der Waals surface area (Å²) in [5.74, 6) is -1.96. The Labute approximate surface area is 122 Å². The van der Waals surface area contributed by atoms with Crippen molar-refractivity contribution in [1.82, 2.24) is 5.32 Å². The van der Waals surface area contributed by atoms with E-state index in [0.29, 0.717) is 5.56 Å². The Morgan fingerprint density at radius 1 is 1.33 bits per heavy atom. The Bertz CT molecular complexity index is 653. The maximum absolute atomic E-state index is 12.1. The zero-order chi connectivity index (χ0) is 16.2. The molecule has 21 heavy (non-hydrogen) atoms. The van der Waals surface area contributed by atoms with Gasteiger partial charge in [0.2, 0.25) is 0 Å². The molecule has 1 atom stereocenters. The molecule has 1 aromatic rings. The van der Waals surface area contributed by atoms with Crippen LogP contribution in [-0.2, 0) is 14.6 Å². The highest BCUT2D eigenvalue weighted by molar-refractivity contribution is 7.90. The molecule has 0 heterocycles. The number of hydrogen-bond donors (Lipinski definition) is 3. The van der Waals surface area contributed by atoms with Crippen molar-refractivity contribution < 1.29 is 28.2 Å². The van der Waals surface area contributed by atoms with Gasteiger partial charge < -0.3 is 15.5 Å². The fraction of sp³-hybridized carbons (Fsp3) is 0.385. The van der Waals surface area contributed by atoms with Gasteiger partial charge in [0, 0.05) is 24.8 Å². The predicted molar refractivity (Wildman–Crippen MR) is 74.9 cm³/mol. The number of hydrogen-bond acceptors (Lipinski definition) is 5. The third kappa shape index (κ3) is 4.54. The molecule has 0 spiro atoms. The minimum Gasteiger partial charge on any atom is -0.480 e. The Morgan fingerprint density at radius 3 is 2.43 bits per heavy atom. The van der Waals surface area contributed by atoms with Gasteiger partial charge in [0.25, 0.3) is 5.91 Å². The first-order chi connectivity index (χ1) is 9.66. The van der Waals surface area contributed by atoms with E-state index in [1.807, 2.05) is 0 Å². The first-order valence-electron chi connectivity index (χ1n) is 6.12. The number of carboxylic acids is 1. The third-order valence-corrected chi connectivity index (χ3v) is 4.01. The van der Waals surface area contributed by atoms with Crippen molar-refractivity contribution in [2.75, 3.05) is 12.9 Å². The minimum absolute atomic E-state index is 0.0210. The van der Waals surface area contributed by atoms with Crippen LogP contribution >= 0.6 is 0 Å². The normalized spacial score (nSPS) is 12.7. The Kier molecular flexibility index (Phi) is 5.45. The summed E-state index contributed by atoms with van der Waals surface area (Å²) in [4.78, 5) is 23.0. The molecule has 0 aliphatic rings. The van der Waals surface area contributed by atoms with Crippen LogP contribution in [0.25, 0.3) is 0 Å². The lowest BCUT2D eigenvalue weighted by atomic mass is 10.1. The molecule has 0 radical (unpaired) electrons. The molecule has 0 saturated heterocycles. The van der Waals surface area contributed by atoms with Gasteiger partial charge in [-0.3, -0.25) is 4.79 Å². The van der Waals surface area contributed by atoms with Gasteiger partial charge in [0.15, 0.2) is 9.84 Å². The molecule has 8 heteroatoms. The zero-order valence-corrected chi connectivity index (χ0v) is 12.5. The molecule has 7 nitrogen and oxygen atoms in total. The summed E-state index contributed by atoms with van der Waals surface area (Å²) in [6.45, 7) is 1.22. The molecule has 1 rings (SSSR count). The molecule has 0 unspecified atom stereocenters. The van der Waals surface area contributed by atoms with Crippen LogP contribution in [0.1, 0.15) is 22.3 Å². The maximum atomic E-state index is 12.1. The van der Waals surface area contributed by atoms with Gasteiger partial charge in [-0.1, -0.05) is 6.07 Å². The fourth-order valence-corrected chi connectivity index (χ4v) is 2.35. The number of sulfone groups is 1. The topological polar surface area (TPSA) is 121 Å². The number of aryl methyl sites for hydroxylation is 1. The van der Waals surface area contributed by atoms with E-state index in [-0.39, 0.29) is 23.5 Å². The van der Waals surface area contributed by atoms with Gasteiger partial charge in [-0.15, -0.1) is 0 Å². The number of amides is 1. The number of aliphatic carboxylic acids is 1. The van der Waals surface area contributed by atoms with E-state index in [2.05, 4.69) is 5.32 Å². The monoisotopic (exact) mass is 315 g/mol. The van der Waals surface area contributed by atoms with Crippen molar-refractivity contribution in [3.8, 4) is 0 Å². The van der Waals surface area contributed by atoms with E-state index >= 15 is 0 Å². The number of aliphatic hydroxyl groups is 1. The molecular formula is C13H17NO6S. The summed E-state index contributed by atoms with van der Waals surface area (Å²) in [5, 5.41) is 20.0. The average molecular weight is 315 g/mol. The SMILES string of the molecule is Cc1ccc(S(C)(=O)=O)cc1C(=O)N[C@H](CCO)C(=O)O. The minimum atomic E-state index is -3.47. The third-order valence-electron chi connectivity index (χ3n) is 2.90. The van der Waals surface area contributed by atoms with E-state index in [1.54, 1.807) is 6.92 Å². The second-order valence-electron chi connectivity index (χ2n) is 4.63. The number of benzene rings is 1. The lowest BCUT2D eigenvalue weighted by molar-refractivity contribution is -0.139. The first kappa shape index (κ1) is 17.1. The summed E-state index contributed by atoms with van der Waals surface area (Å²) in [6.07, 6.45) is 0.886. The van der Waals surface area contributed by atoms with Gasteiger partial charge in [-0.2, -0.15) is 0 Å². The van der Waals surface area contributed by atoms with Gasteiger partial charge in [0.1, 0.15) is 6.04 Å². The van der Waals surface area contributed by atoms with E-state index in [9.17, 15) is 18.0 Å². The molecular weight excluding hydrogens is 298 g/mol. The van der Waals surface area contributed by atoms with Crippen LogP contribution in [0.3, 0.4) is 0 Å². The maximum Gasteiger partial charge on any atom is 0.326 e. The molecule has 0 saturated carbocycles. The molecule has 0 aliphatic carbocycles. The molecule has 0 aromatic heterocycles. The number of nitrogens with one attached hydrogen (secondary N) is 1. The van der Waals surface area contributed by atoms with E-state index in [0.717, 1.165) is 6.26 Å². The summed E-state index contributed by atoms with van der Waals surface area (Å²) < 4.78 is 23.0. The smallest absolute Gasteiger partial charge is 0.326 e. The van der Waals surface area contributed by atoms with Crippen LogP contribution < -0.4 is 5.32 Å². The van der Waals surface area contributed by atoms with Crippen LogP contribution in [-0.4, -0.2) is 49.4 Å². The Hall–Kier alpha value is -1.93. The summed E-state index contributed by atoms with van der Waals surface area (Å²) in [7, 11) is -3.47. The zero-order valence-electron chi connectivity index (χ0n) is 11.7. The molecule has 3 N–H and O–H groups in total. The average Bonchev–Trinajstić information content (AvgIpc) is 2.36. The second-order valence-corrected chi connectivity index (χ2v) is 6.64. The summed E-state index contributed by atoms with van der Waals surface area (Å²) >= 11 is 0. The van der Waals surface area contributed by atoms with E-state index in [4.69, 9.17) is 10.2 Å². The van der Waals surface area contributed by atoms with Crippen LogP contribution in [0.2, 0.25) is 0 Å². The van der Waals surface area contributed by atoms with Gasteiger partial charge in [-0.25, -0.2) is 13.2 Å². The summed E-state index contributed by atoms with van der Waals surface area (Å²) in [6, 6.07) is 2.83. The van der Waals surface area contributed by atoms with Crippen LogP contribution in [0, 0.1) is 6.92 Å². The molecule has 0 aliphatic heterocycles. The highest BCUT2D eigenvalue weighted by Crippen LogP contribution is 2.16. The molecule has 1 aromatic carbocycles. The van der Waals surface area contributed by atoms with Crippen LogP contribution in [0.15, 0.2) is 23.1 Å². The molecule has 116 valence electrons. The van der Waals surface area contributed by atoms with Gasteiger partial charge in [0.05, 0.1) is 4.90 Å². The van der Waals surface area contributed by atoms with Crippen LogP contribution in [0.5, 0.6) is 0 Å². The second kappa shape index (κ2) is 6.68. The first-order valence-corrected chi connectivity index (χ1v) is 8.01. The van der Waals surface area contributed by atoms with Crippen molar-refractivity contribution in [3.05, 3.63) is 29.3 Å². The lowest BCUT2D eigenvalue weighted by Crippen LogP contribution is -2.41. The summed E-state index contributed by atoms with van der Waals surface area (Å²) in [5.41, 5.74) is 0.607. The van der Waals surface area contributed by atoms with E-state index in [1.165, 1.54) is 18.2 Å². The lowest BCUT2D eigenvalue weighted by Gasteiger charge is -2.14. The highest BCUT2D eigenvalue weighted by Gasteiger charge is 2.22. The highest BCUT2D eigenvalue weighted by atomic mass is 32.2. The van der Waals surface area contributed by atoms with E-state index < -0.39 is 27.8 Å². The molecule has 1 amide bonds. The number of carbonyl (C=O) groups is 2. The van der Waals surface area contributed by atoms with Crippen molar-refractivity contribution in [2.45, 2.75) is 24.3 Å². The van der Waals surface area contributed by atoms with Crippen LogP contribution in [0.4, 0.5) is 0 Å². The number of carboxylic acid groups (broad SMARTS) is 1. The van der Waals surface area contributed by atoms with Crippen molar-refractivity contribution in [1.29, 1.82) is 0 Å². The molecule has 0 fully saturated rings.